The van der Waals surface area contributed by atoms with Gasteiger partial charge in [0.15, 0.2) is 0 Å². The van der Waals surface area contributed by atoms with Crippen molar-refractivity contribution in [1.29, 1.82) is 0 Å². The molecule has 2 aromatic carbocycles. The maximum Gasteiger partial charge on any atom is 0.241 e. The standard InChI is InChI=1S/C23H30N2O2/c26-23(25-16-6-1-2-7-17-25)19-24-21-12-14-22(15-13-21)27-18-8-11-20-9-4-3-5-10-20/h3-5,9-10,12-15,24H,1-2,6-8,11,16-19H2. The fraction of sp³-hybridized carbons (Fsp3) is 0.435. The average molecular weight is 367 g/mol. The van der Waals surface area contributed by atoms with Crippen LogP contribution < -0.4 is 10.1 Å². The van der Waals surface area contributed by atoms with Crippen molar-refractivity contribution >= 4 is 11.6 Å². The SMILES string of the molecule is O=C(CNc1ccc(OCCCc2ccccc2)cc1)N1CCCCCC1. The van der Waals surface area contributed by atoms with Crippen molar-refractivity contribution in [2.45, 2.75) is 38.5 Å². The molecule has 144 valence electrons. The summed E-state index contributed by atoms with van der Waals surface area (Å²) in [5.41, 5.74) is 2.30. The monoisotopic (exact) mass is 366 g/mol. The van der Waals surface area contributed by atoms with E-state index < -0.39 is 0 Å². The average Bonchev–Trinajstić information content (AvgIpc) is 3.01. The Morgan fingerprint density at radius 1 is 0.926 bits per heavy atom. The number of nitrogens with one attached hydrogen (secondary N) is 1. The second kappa shape index (κ2) is 10.6. The number of hydrogen-bond acceptors (Lipinski definition) is 3. The van der Waals surface area contributed by atoms with Crippen LogP contribution in [-0.4, -0.2) is 37.0 Å². The first-order valence-electron chi connectivity index (χ1n) is 10.1. The number of anilines is 1. The van der Waals surface area contributed by atoms with Gasteiger partial charge in [-0.2, -0.15) is 0 Å². The molecule has 0 atom stereocenters. The summed E-state index contributed by atoms with van der Waals surface area (Å²) in [7, 11) is 0. The van der Waals surface area contributed by atoms with Gasteiger partial charge in [-0.15, -0.1) is 0 Å². The highest BCUT2D eigenvalue weighted by atomic mass is 16.5. The third-order valence-corrected chi connectivity index (χ3v) is 4.98. The quantitative estimate of drug-likeness (QED) is 0.699. The molecule has 1 N–H and O–H groups in total. The smallest absolute Gasteiger partial charge is 0.241 e. The van der Waals surface area contributed by atoms with Gasteiger partial charge in [-0.3, -0.25) is 4.79 Å². The first-order chi connectivity index (χ1) is 13.3. The van der Waals surface area contributed by atoms with Crippen molar-refractivity contribution < 1.29 is 9.53 Å². The summed E-state index contributed by atoms with van der Waals surface area (Å²) >= 11 is 0. The van der Waals surface area contributed by atoms with Crippen LogP contribution in [-0.2, 0) is 11.2 Å². The topological polar surface area (TPSA) is 41.6 Å². The van der Waals surface area contributed by atoms with Crippen LogP contribution in [0.15, 0.2) is 54.6 Å². The summed E-state index contributed by atoms with van der Waals surface area (Å²) in [4.78, 5) is 14.3. The molecule has 1 aliphatic rings. The number of amides is 1. The van der Waals surface area contributed by atoms with Crippen LogP contribution in [0.3, 0.4) is 0 Å². The van der Waals surface area contributed by atoms with E-state index in [1.807, 2.05) is 35.2 Å². The molecule has 3 rings (SSSR count). The van der Waals surface area contributed by atoms with Gasteiger partial charge in [0.05, 0.1) is 13.2 Å². The maximum atomic E-state index is 12.3. The Balaban J connectivity index is 1.36. The molecule has 2 aromatic rings. The van der Waals surface area contributed by atoms with E-state index in [2.05, 4.69) is 29.6 Å². The van der Waals surface area contributed by atoms with Crippen LogP contribution >= 0.6 is 0 Å². The Morgan fingerprint density at radius 3 is 2.33 bits per heavy atom. The summed E-state index contributed by atoms with van der Waals surface area (Å²) < 4.78 is 5.81. The molecule has 0 spiro atoms. The number of rotatable bonds is 8. The highest BCUT2D eigenvalue weighted by Gasteiger charge is 2.14. The van der Waals surface area contributed by atoms with Gasteiger partial charge in [0.25, 0.3) is 0 Å². The van der Waals surface area contributed by atoms with Crippen molar-refractivity contribution in [1.82, 2.24) is 4.90 Å². The van der Waals surface area contributed by atoms with E-state index in [1.54, 1.807) is 0 Å². The lowest BCUT2D eigenvalue weighted by atomic mass is 10.1. The summed E-state index contributed by atoms with van der Waals surface area (Å²) in [6, 6.07) is 18.3. The van der Waals surface area contributed by atoms with E-state index in [4.69, 9.17) is 4.74 Å². The minimum Gasteiger partial charge on any atom is -0.494 e. The van der Waals surface area contributed by atoms with Crippen molar-refractivity contribution in [3.63, 3.8) is 0 Å². The van der Waals surface area contributed by atoms with Crippen molar-refractivity contribution in [2.24, 2.45) is 0 Å². The van der Waals surface area contributed by atoms with Crippen molar-refractivity contribution in [2.75, 3.05) is 31.6 Å². The molecular formula is C23H30N2O2. The Morgan fingerprint density at radius 2 is 1.63 bits per heavy atom. The predicted octanol–water partition coefficient (Wildman–Crippen LogP) is 4.51. The Hall–Kier alpha value is -2.49. The van der Waals surface area contributed by atoms with Gasteiger partial charge < -0.3 is 15.0 Å². The second-order valence-corrected chi connectivity index (χ2v) is 7.11. The zero-order chi connectivity index (χ0) is 18.7. The molecule has 1 heterocycles. The van der Waals surface area contributed by atoms with E-state index in [0.29, 0.717) is 13.2 Å². The van der Waals surface area contributed by atoms with Crippen LogP contribution in [0.1, 0.15) is 37.7 Å². The highest BCUT2D eigenvalue weighted by molar-refractivity contribution is 5.80. The molecule has 0 radical (unpaired) electrons. The molecule has 1 aliphatic heterocycles. The first kappa shape index (κ1) is 19.3. The Kier molecular flexibility index (Phi) is 7.57. The normalized spacial score (nSPS) is 14.4. The molecule has 27 heavy (non-hydrogen) atoms. The zero-order valence-electron chi connectivity index (χ0n) is 16.0. The van der Waals surface area contributed by atoms with E-state index in [-0.39, 0.29) is 5.91 Å². The fourth-order valence-electron chi connectivity index (χ4n) is 3.39. The Labute approximate surface area is 162 Å². The van der Waals surface area contributed by atoms with Gasteiger partial charge in [-0.25, -0.2) is 0 Å². The fourth-order valence-corrected chi connectivity index (χ4v) is 3.39. The molecule has 1 fully saturated rings. The molecule has 0 saturated carbocycles. The van der Waals surface area contributed by atoms with Crippen molar-refractivity contribution in [3.8, 4) is 5.75 Å². The third kappa shape index (κ3) is 6.63. The van der Waals surface area contributed by atoms with Crippen LogP contribution in [0.5, 0.6) is 5.75 Å². The van der Waals surface area contributed by atoms with Gasteiger partial charge in [0.1, 0.15) is 5.75 Å². The van der Waals surface area contributed by atoms with Gasteiger partial charge in [0.2, 0.25) is 5.91 Å². The highest BCUT2D eigenvalue weighted by Crippen LogP contribution is 2.16. The second-order valence-electron chi connectivity index (χ2n) is 7.11. The van der Waals surface area contributed by atoms with E-state index in [0.717, 1.165) is 50.2 Å². The van der Waals surface area contributed by atoms with Gasteiger partial charge in [-0.05, 0) is 55.5 Å². The van der Waals surface area contributed by atoms with Crippen LogP contribution in [0.4, 0.5) is 5.69 Å². The molecule has 4 heteroatoms. The number of carbonyl (C=O) groups is 1. The number of nitrogens with zero attached hydrogens (tertiary/aromatic N) is 1. The Bertz CT molecular complexity index is 677. The van der Waals surface area contributed by atoms with Crippen LogP contribution in [0.25, 0.3) is 0 Å². The minimum absolute atomic E-state index is 0.193. The van der Waals surface area contributed by atoms with Crippen LogP contribution in [0.2, 0.25) is 0 Å². The lowest BCUT2D eigenvalue weighted by molar-refractivity contribution is -0.129. The predicted molar refractivity (Wildman–Crippen MR) is 110 cm³/mol. The summed E-state index contributed by atoms with van der Waals surface area (Å²) in [6.45, 7) is 2.86. The van der Waals surface area contributed by atoms with Crippen LogP contribution in [0, 0.1) is 0 Å². The van der Waals surface area contributed by atoms with E-state index >= 15 is 0 Å². The molecule has 1 saturated heterocycles. The lowest BCUT2D eigenvalue weighted by Gasteiger charge is -2.20. The number of likely N-dealkylation sites (tertiary alicyclic amines) is 1. The molecule has 1 amide bonds. The third-order valence-electron chi connectivity index (χ3n) is 4.98. The molecule has 0 unspecified atom stereocenters. The van der Waals surface area contributed by atoms with E-state index in [9.17, 15) is 4.79 Å². The molecular weight excluding hydrogens is 336 g/mol. The minimum atomic E-state index is 0.193. The molecule has 0 bridgehead atoms. The molecule has 4 nitrogen and oxygen atoms in total. The van der Waals surface area contributed by atoms with Gasteiger partial charge in [-0.1, -0.05) is 43.2 Å². The number of hydrogen-bond donors (Lipinski definition) is 1. The first-order valence-corrected chi connectivity index (χ1v) is 10.1. The van der Waals surface area contributed by atoms with Gasteiger partial charge in [0, 0.05) is 18.8 Å². The molecule has 0 aromatic heterocycles. The maximum absolute atomic E-state index is 12.3. The summed E-state index contributed by atoms with van der Waals surface area (Å²) in [6.07, 6.45) is 6.76. The lowest BCUT2D eigenvalue weighted by Crippen LogP contribution is -2.36. The largest absolute Gasteiger partial charge is 0.494 e. The zero-order valence-corrected chi connectivity index (χ0v) is 16.0. The number of ether oxygens (including phenoxy) is 1. The number of benzene rings is 2. The van der Waals surface area contributed by atoms with E-state index in [1.165, 1.54) is 18.4 Å². The number of carbonyl (C=O) groups excluding carboxylic acids is 1. The van der Waals surface area contributed by atoms with Gasteiger partial charge >= 0.3 is 0 Å². The van der Waals surface area contributed by atoms with Crippen molar-refractivity contribution in [3.05, 3.63) is 60.2 Å². The summed E-state index contributed by atoms with van der Waals surface area (Å²) in [5, 5.41) is 3.23. The molecule has 0 aliphatic carbocycles. The number of aryl methyl sites for hydroxylation is 1. The summed E-state index contributed by atoms with van der Waals surface area (Å²) in [5.74, 6) is 1.06.